The van der Waals surface area contributed by atoms with Gasteiger partial charge in [-0.15, -0.1) is 0 Å². The molecule has 0 heterocycles. The highest BCUT2D eigenvalue weighted by Crippen LogP contribution is 2.37. The zero-order valence-corrected chi connectivity index (χ0v) is 9.03. The fraction of sp³-hybridized carbons (Fsp3) is 0.364. The van der Waals surface area contributed by atoms with E-state index in [2.05, 4.69) is 0 Å². The van der Waals surface area contributed by atoms with Gasteiger partial charge in [-0.05, 0) is 12.0 Å². The van der Waals surface area contributed by atoms with Gasteiger partial charge in [0.05, 0.1) is 13.5 Å². The summed E-state index contributed by atoms with van der Waals surface area (Å²) in [6, 6.07) is 2.51. The quantitative estimate of drug-likeness (QED) is 0.828. The minimum Gasteiger partial charge on any atom is -0.504 e. The summed E-state index contributed by atoms with van der Waals surface area (Å²) in [7, 11) is 1.24. The van der Waals surface area contributed by atoms with Crippen molar-refractivity contribution in [2.75, 3.05) is 7.11 Å². The number of aliphatic carboxylic acids is 1. The van der Waals surface area contributed by atoms with E-state index in [0.29, 0.717) is 5.56 Å². The van der Waals surface area contributed by atoms with Crippen molar-refractivity contribution in [3.63, 3.8) is 0 Å². The Labute approximate surface area is 92.3 Å². The molecular formula is C11H13FO4. The Kier molecular flexibility index (Phi) is 3.71. The smallest absolute Gasteiger partial charge is 0.303 e. The molecule has 0 aliphatic heterocycles. The van der Waals surface area contributed by atoms with E-state index in [9.17, 15) is 14.3 Å². The standard InChI is InChI=1S/C11H13FO4/c1-6(5-9(13)14)7-3-4-8(12)11(16-2)10(7)15/h3-4,6,15H,5H2,1-2H3,(H,13,14). The second-order valence-electron chi connectivity index (χ2n) is 3.52. The van der Waals surface area contributed by atoms with Crippen LogP contribution in [0, 0.1) is 5.82 Å². The van der Waals surface area contributed by atoms with E-state index in [0.717, 1.165) is 6.07 Å². The summed E-state index contributed by atoms with van der Waals surface area (Å²) in [6.07, 6.45) is -0.137. The first-order chi connectivity index (χ1) is 7.47. The highest BCUT2D eigenvalue weighted by atomic mass is 19.1. The van der Waals surface area contributed by atoms with Crippen molar-refractivity contribution in [3.05, 3.63) is 23.5 Å². The second kappa shape index (κ2) is 4.83. The minimum absolute atomic E-state index is 0.137. The first kappa shape index (κ1) is 12.3. The van der Waals surface area contributed by atoms with Gasteiger partial charge in [0, 0.05) is 5.56 Å². The molecule has 1 atom stereocenters. The van der Waals surface area contributed by atoms with E-state index < -0.39 is 17.7 Å². The number of carbonyl (C=O) groups is 1. The summed E-state index contributed by atoms with van der Waals surface area (Å²) in [5.74, 6) is -2.65. The third-order valence-electron chi connectivity index (χ3n) is 2.33. The summed E-state index contributed by atoms with van der Waals surface area (Å²) >= 11 is 0. The third kappa shape index (κ3) is 2.42. The van der Waals surface area contributed by atoms with Gasteiger partial charge in [0.2, 0.25) is 0 Å². The van der Waals surface area contributed by atoms with Crippen LogP contribution in [0.2, 0.25) is 0 Å². The normalized spacial score (nSPS) is 12.2. The summed E-state index contributed by atoms with van der Waals surface area (Å²) in [5, 5.41) is 18.3. The van der Waals surface area contributed by atoms with Gasteiger partial charge < -0.3 is 14.9 Å². The Morgan fingerprint density at radius 3 is 2.69 bits per heavy atom. The summed E-state index contributed by atoms with van der Waals surface area (Å²) < 4.78 is 17.9. The summed E-state index contributed by atoms with van der Waals surface area (Å²) in [5.41, 5.74) is 0.362. The molecule has 1 aromatic carbocycles. The van der Waals surface area contributed by atoms with Crippen LogP contribution in [0.1, 0.15) is 24.8 Å². The molecule has 1 aromatic rings. The molecule has 0 radical (unpaired) electrons. The lowest BCUT2D eigenvalue weighted by Crippen LogP contribution is -2.04. The maximum atomic E-state index is 13.2. The lowest BCUT2D eigenvalue weighted by molar-refractivity contribution is -0.137. The van der Waals surface area contributed by atoms with Crippen molar-refractivity contribution < 1.29 is 24.1 Å². The number of phenolic OH excluding ortho intramolecular Hbond substituents is 1. The van der Waals surface area contributed by atoms with Gasteiger partial charge in [-0.25, -0.2) is 4.39 Å². The molecule has 2 N–H and O–H groups in total. The van der Waals surface area contributed by atoms with Crippen molar-refractivity contribution in [2.24, 2.45) is 0 Å². The van der Waals surface area contributed by atoms with E-state index >= 15 is 0 Å². The topological polar surface area (TPSA) is 66.8 Å². The maximum absolute atomic E-state index is 13.2. The molecule has 0 saturated carbocycles. The number of rotatable bonds is 4. The summed E-state index contributed by atoms with van der Waals surface area (Å²) in [6.45, 7) is 1.64. The van der Waals surface area contributed by atoms with E-state index in [-0.39, 0.29) is 17.9 Å². The largest absolute Gasteiger partial charge is 0.504 e. The molecule has 0 saturated heterocycles. The van der Waals surface area contributed by atoms with E-state index in [4.69, 9.17) is 9.84 Å². The number of aromatic hydroxyl groups is 1. The van der Waals surface area contributed by atoms with Crippen LogP contribution in [0.5, 0.6) is 11.5 Å². The van der Waals surface area contributed by atoms with Crippen LogP contribution in [-0.4, -0.2) is 23.3 Å². The van der Waals surface area contributed by atoms with Crippen molar-refractivity contribution in [1.29, 1.82) is 0 Å². The molecule has 0 aliphatic rings. The van der Waals surface area contributed by atoms with E-state index in [1.807, 2.05) is 0 Å². The fourth-order valence-corrected chi connectivity index (χ4v) is 1.53. The molecule has 16 heavy (non-hydrogen) atoms. The number of carboxylic acid groups (broad SMARTS) is 1. The van der Waals surface area contributed by atoms with Gasteiger partial charge in [-0.3, -0.25) is 4.79 Å². The van der Waals surface area contributed by atoms with Gasteiger partial charge in [0.25, 0.3) is 0 Å². The number of phenols is 1. The van der Waals surface area contributed by atoms with Crippen LogP contribution in [-0.2, 0) is 4.79 Å². The average Bonchev–Trinajstić information content (AvgIpc) is 2.17. The molecule has 0 aliphatic carbocycles. The molecule has 0 spiro atoms. The predicted octanol–water partition coefficient (Wildman–Crippen LogP) is 2.12. The van der Waals surface area contributed by atoms with Crippen LogP contribution >= 0.6 is 0 Å². The third-order valence-corrected chi connectivity index (χ3v) is 2.33. The van der Waals surface area contributed by atoms with E-state index in [1.165, 1.54) is 13.2 Å². The molecule has 4 nitrogen and oxygen atoms in total. The lowest BCUT2D eigenvalue weighted by Gasteiger charge is -2.14. The number of hydrogen-bond acceptors (Lipinski definition) is 3. The molecular weight excluding hydrogens is 215 g/mol. The number of hydrogen-bond donors (Lipinski definition) is 2. The zero-order chi connectivity index (χ0) is 12.3. The number of ether oxygens (including phenoxy) is 1. The SMILES string of the molecule is COc1c(F)ccc(C(C)CC(=O)O)c1O. The molecule has 1 unspecified atom stereocenters. The van der Waals surface area contributed by atoms with Gasteiger partial charge in [0.1, 0.15) is 0 Å². The Bertz CT molecular complexity index is 403. The van der Waals surface area contributed by atoms with Crippen molar-refractivity contribution in [2.45, 2.75) is 19.3 Å². The van der Waals surface area contributed by atoms with Crippen LogP contribution in [0.15, 0.2) is 12.1 Å². The lowest BCUT2D eigenvalue weighted by atomic mass is 9.96. The zero-order valence-electron chi connectivity index (χ0n) is 9.03. The number of carboxylic acids is 1. The monoisotopic (exact) mass is 228 g/mol. The van der Waals surface area contributed by atoms with Crippen LogP contribution in [0.25, 0.3) is 0 Å². The second-order valence-corrected chi connectivity index (χ2v) is 3.52. The molecule has 5 heteroatoms. The highest BCUT2D eigenvalue weighted by molar-refractivity contribution is 5.68. The Morgan fingerprint density at radius 1 is 1.56 bits per heavy atom. The number of benzene rings is 1. The van der Waals surface area contributed by atoms with E-state index in [1.54, 1.807) is 6.92 Å². The van der Waals surface area contributed by atoms with Gasteiger partial charge in [-0.2, -0.15) is 0 Å². The van der Waals surface area contributed by atoms with Gasteiger partial charge >= 0.3 is 5.97 Å². The Hall–Kier alpha value is -1.78. The molecule has 0 aromatic heterocycles. The number of methoxy groups -OCH3 is 1. The molecule has 0 bridgehead atoms. The fourth-order valence-electron chi connectivity index (χ4n) is 1.53. The Morgan fingerprint density at radius 2 is 2.19 bits per heavy atom. The predicted molar refractivity (Wildman–Crippen MR) is 55.3 cm³/mol. The van der Waals surface area contributed by atoms with Gasteiger partial charge in [-0.1, -0.05) is 13.0 Å². The van der Waals surface area contributed by atoms with Gasteiger partial charge in [0.15, 0.2) is 17.3 Å². The first-order valence-corrected chi connectivity index (χ1v) is 4.74. The van der Waals surface area contributed by atoms with Crippen molar-refractivity contribution in [1.82, 2.24) is 0 Å². The highest BCUT2D eigenvalue weighted by Gasteiger charge is 2.19. The summed E-state index contributed by atoms with van der Waals surface area (Å²) in [4.78, 5) is 10.5. The Balaban J connectivity index is 3.10. The molecule has 0 amide bonds. The maximum Gasteiger partial charge on any atom is 0.303 e. The van der Waals surface area contributed by atoms with Crippen LogP contribution in [0.4, 0.5) is 4.39 Å². The average molecular weight is 228 g/mol. The molecule has 1 rings (SSSR count). The molecule has 88 valence electrons. The minimum atomic E-state index is -0.977. The van der Waals surface area contributed by atoms with Crippen LogP contribution < -0.4 is 4.74 Å². The first-order valence-electron chi connectivity index (χ1n) is 4.74. The number of halogens is 1. The molecule has 0 fully saturated rings. The van der Waals surface area contributed by atoms with Crippen molar-refractivity contribution >= 4 is 5.97 Å². The van der Waals surface area contributed by atoms with Crippen LogP contribution in [0.3, 0.4) is 0 Å². The van der Waals surface area contributed by atoms with Crippen molar-refractivity contribution in [3.8, 4) is 11.5 Å².